The predicted octanol–water partition coefficient (Wildman–Crippen LogP) is 4.55. The Kier molecular flexibility index (Phi) is 6.96. The van der Waals surface area contributed by atoms with Crippen molar-refractivity contribution >= 4 is 44.5 Å². The van der Waals surface area contributed by atoms with Crippen LogP contribution in [0.1, 0.15) is 33.3 Å². The molecular weight excluding hydrogens is 412 g/mol. The lowest BCUT2D eigenvalue weighted by molar-refractivity contribution is -0.125. The van der Waals surface area contributed by atoms with Crippen LogP contribution in [0.3, 0.4) is 0 Å². The number of hydrogen-bond acceptors (Lipinski definition) is 4. The van der Waals surface area contributed by atoms with Crippen molar-refractivity contribution in [3.8, 4) is 17.6 Å². The second kappa shape index (κ2) is 8.79. The zero-order chi connectivity index (χ0) is 19.3. The lowest BCUT2D eigenvalue weighted by atomic mass is 10.1. The van der Waals surface area contributed by atoms with Gasteiger partial charge in [-0.3, -0.25) is 9.78 Å². The van der Waals surface area contributed by atoms with E-state index in [1.54, 1.807) is 13.1 Å². The van der Waals surface area contributed by atoms with Gasteiger partial charge in [0.05, 0.1) is 11.1 Å². The first kappa shape index (κ1) is 20.6. The van der Waals surface area contributed by atoms with Crippen LogP contribution >= 0.6 is 27.7 Å². The molecule has 26 heavy (non-hydrogen) atoms. The van der Waals surface area contributed by atoms with E-state index in [-0.39, 0.29) is 5.91 Å². The van der Waals surface area contributed by atoms with Crippen molar-refractivity contribution in [2.24, 2.45) is 0 Å². The van der Waals surface area contributed by atoms with Crippen LogP contribution in [0.2, 0.25) is 0 Å². The molecule has 1 N–H and O–H groups in total. The summed E-state index contributed by atoms with van der Waals surface area (Å²) in [5.74, 6) is 6.28. The van der Waals surface area contributed by atoms with Crippen LogP contribution in [0.5, 0.6) is 5.75 Å². The summed E-state index contributed by atoms with van der Waals surface area (Å²) >= 11 is 4.80. The van der Waals surface area contributed by atoms with Gasteiger partial charge in [-0.25, -0.2) is 0 Å². The Bertz CT molecular complexity index is 871. The van der Waals surface area contributed by atoms with Crippen LogP contribution in [-0.2, 0) is 11.2 Å². The number of pyridine rings is 1. The Balaban J connectivity index is 2.29. The number of benzene rings is 1. The van der Waals surface area contributed by atoms with Crippen LogP contribution in [-0.4, -0.2) is 28.1 Å². The van der Waals surface area contributed by atoms with Gasteiger partial charge >= 0.3 is 0 Å². The summed E-state index contributed by atoms with van der Waals surface area (Å²) in [6, 6.07) is 5.87. The number of halogens is 1. The monoisotopic (exact) mass is 434 g/mol. The van der Waals surface area contributed by atoms with Gasteiger partial charge in [-0.15, -0.1) is 17.7 Å². The highest BCUT2D eigenvalue weighted by Crippen LogP contribution is 2.28. The largest absolute Gasteiger partial charge is 0.470 e. The van der Waals surface area contributed by atoms with Crippen molar-refractivity contribution in [1.82, 2.24) is 10.3 Å². The highest BCUT2D eigenvalue weighted by molar-refractivity contribution is 9.10. The van der Waals surface area contributed by atoms with E-state index in [1.807, 2.05) is 38.3 Å². The Labute approximate surface area is 167 Å². The summed E-state index contributed by atoms with van der Waals surface area (Å²) in [6.07, 6.45) is 4.47. The average Bonchev–Trinajstić information content (AvgIpc) is 2.57. The Morgan fingerprint density at radius 3 is 2.77 bits per heavy atom. The lowest BCUT2D eigenvalue weighted by Gasteiger charge is -2.24. The number of carbonyl (C=O) groups is 1. The topological polar surface area (TPSA) is 51.2 Å². The standard InChI is InChI=1S/C20H23BrN2O2S/c1-6-8-20(3,4)23-18(24)19(26-5)25-16-10-13(7-2)17-14(11-16)9-15(21)12-22-17/h9-12,19H,7H2,1-5H3,(H,23,24). The van der Waals surface area contributed by atoms with Crippen molar-refractivity contribution < 1.29 is 9.53 Å². The van der Waals surface area contributed by atoms with Gasteiger partial charge in [0.2, 0.25) is 5.44 Å². The van der Waals surface area contributed by atoms with E-state index >= 15 is 0 Å². The number of carbonyl (C=O) groups excluding carboxylic acids is 1. The third-order valence-corrected chi connectivity index (χ3v) is 4.90. The summed E-state index contributed by atoms with van der Waals surface area (Å²) in [5.41, 5.74) is 0.779. The van der Waals surface area contributed by atoms with Crippen LogP contribution in [0.15, 0.2) is 28.9 Å². The molecular formula is C20H23BrN2O2S. The molecule has 0 saturated heterocycles. The van der Waals surface area contributed by atoms with E-state index in [2.05, 4.69) is 45.0 Å². The fraction of sp³-hybridized carbons (Fsp3) is 0.400. The fourth-order valence-electron chi connectivity index (χ4n) is 2.65. The first-order chi connectivity index (χ1) is 12.3. The molecule has 6 heteroatoms. The summed E-state index contributed by atoms with van der Waals surface area (Å²) in [6.45, 7) is 7.57. The van der Waals surface area contributed by atoms with E-state index in [9.17, 15) is 4.79 Å². The average molecular weight is 435 g/mol. The quantitative estimate of drug-likeness (QED) is 0.535. The molecule has 0 aliphatic carbocycles. The number of hydrogen-bond donors (Lipinski definition) is 1. The number of aryl methyl sites for hydroxylation is 1. The summed E-state index contributed by atoms with van der Waals surface area (Å²) < 4.78 is 6.91. The van der Waals surface area contributed by atoms with Gasteiger partial charge in [-0.05, 0) is 73.1 Å². The number of amides is 1. The Morgan fingerprint density at radius 1 is 1.42 bits per heavy atom. The summed E-state index contributed by atoms with van der Waals surface area (Å²) in [5, 5.41) is 3.90. The second-order valence-electron chi connectivity index (χ2n) is 6.34. The normalized spacial score (nSPS) is 12.2. The third-order valence-electron chi connectivity index (χ3n) is 3.73. The zero-order valence-corrected chi connectivity index (χ0v) is 18.0. The molecule has 1 heterocycles. The lowest BCUT2D eigenvalue weighted by Crippen LogP contribution is -2.47. The number of rotatable bonds is 6. The minimum absolute atomic E-state index is 0.198. The zero-order valence-electron chi connectivity index (χ0n) is 15.6. The van der Waals surface area contributed by atoms with E-state index in [0.29, 0.717) is 5.75 Å². The number of nitrogens with zero attached hydrogens (tertiary/aromatic N) is 1. The van der Waals surface area contributed by atoms with Gasteiger partial charge < -0.3 is 10.1 Å². The molecule has 0 aliphatic rings. The van der Waals surface area contributed by atoms with Crippen LogP contribution < -0.4 is 10.1 Å². The van der Waals surface area contributed by atoms with Crippen LogP contribution in [0, 0.1) is 11.8 Å². The van der Waals surface area contributed by atoms with Gasteiger partial charge in [0.1, 0.15) is 5.75 Å². The van der Waals surface area contributed by atoms with Gasteiger partial charge in [0, 0.05) is 16.1 Å². The minimum Gasteiger partial charge on any atom is -0.470 e. The van der Waals surface area contributed by atoms with E-state index in [0.717, 1.165) is 27.4 Å². The Hall–Kier alpha value is -1.71. The van der Waals surface area contributed by atoms with E-state index < -0.39 is 11.0 Å². The third kappa shape index (κ3) is 5.15. The molecule has 0 bridgehead atoms. The first-order valence-corrected chi connectivity index (χ1v) is 10.4. The molecule has 138 valence electrons. The molecule has 1 aromatic heterocycles. The van der Waals surface area contributed by atoms with E-state index in [4.69, 9.17) is 4.74 Å². The van der Waals surface area contributed by atoms with Crippen molar-refractivity contribution in [3.05, 3.63) is 34.4 Å². The summed E-state index contributed by atoms with van der Waals surface area (Å²) in [4.78, 5) is 17.1. The van der Waals surface area contributed by atoms with Gasteiger partial charge in [-0.1, -0.05) is 12.8 Å². The second-order valence-corrected chi connectivity index (χ2v) is 8.15. The first-order valence-electron chi connectivity index (χ1n) is 8.33. The van der Waals surface area contributed by atoms with Crippen molar-refractivity contribution in [2.75, 3.05) is 6.26 Å². The minimum atomic E-state index is -0.657. The molecule has 1 amide bonds. The fourth-order valence-corrected chi connectivity index (χ4v) is 3.48. The van der Waals surface area contributed by atoms with Crippen LogP contribution in [0.4, 0.5) is 0 Å². The molecule has 2 aromatic rings. The number of aromatic nitrogens is 1. The number of thioether (sulfide) groups is 1. The number of ether oxygens (including phenoxy) is 1. The van der Waals surface area contributed by atoms with Crippen molar-refractivity contribution in [3.63, 3.8) is 0 Å². The molecule has 4 nitrogen and oxygen atoms in total. The van der Waals surface area contributed by atoms with Gasteiger partial charge in [0.25, 0.3) is 5.91 Å². The van der Waals surface area contributed by atoms with Crippen molar-refractivity contribution in [2.45, 2.75) is 45.1 Å². The molecule has 2 rings (SSSR count). The molecule has 1 atom stereocenters. The molecule has 1 unspecified atom stereocenters. The smallest absolute Gasteiger partial charge is 0.272 e. The highest BCUT2D eigenvalue weighted by atomic mass is 79.9. The Morgan fingerprint density at radius 2 is 2.15 bits per heavy atom. The molecule has 0 radical (unpaired) electrons. The SMILES string of the molecule is CC#CC(C)(C)NC(=O)C(Oc1cc(CC)c2ncc(Br)cc2c1)SC. The molecule has 0 spiro atoms. The van der Waals surface area contributed by atoms with Crippen LogP contribution in [0.25, 0.3) is 10.9 Å². The molecule has 0 fully saturated rings. The maximum atomic E-state index is 12.6. The molecule has 0 aliphatic heterocycles. The predicted molar refractivity (Wildman–Crippen MR) is 112 cm³/mol. The van der Waals surface area contributed by atoms with Gasteiger partial charge in [-0.2, -0.15) is 0 Å². The summed E-state index contributed by atoms with van der Waals surface area (Å²) in [7, 11) is 0. The van der Waals surface area contributed by atoms with E-state index in [1.165, 1.54) is 11.8 Å². The molecule has 0 saturated carbocycles. The highest BCUT2D eigenvalue weighted by Gasteiger charge is 2.25. The number of nitrogens with one attached hydrogen (secondary N) is 1. The maximum Gasteiger partial charge on any atom is 0.272 e. The maximum absolute atomic E-state index is 12.6. The van der Waals surface area contributed by atoms with Crippen molar-refractivity contribution in [1.29, 1.82) is 0 Å². The van der Waals surface area contributed by atoms with Gasteiger partial charge in [0.15, 0.2) is 0 Å². The number of fused-ring (bicyclic) bond motifs is 1. The molecule has 1 aromatic carbocycles.